The molecule has 0 saturated heterocycles. The van der Waals surface area contributed by atoms with Gasteiger partial charge in [0.2, 0.25) is 5.16 Å². The molecule has 4 aromatic rings. The van der Waals surface area contributed by atoms with E-state index in [9.17, 15) is 0 Å². The molecule has 0 atom stereocenters. The Morgan fingerprint density at radius 1 is 1.04 bits per heavy atom. The predicted molar refractivity (Wildman–Crippen MR) is 110 cm³/mol. The van der Waals surface area contributed by atoms with Gasteiger partial charge in [-0.3, -0.25) is 0 Å². The van der Waals surface area contributed by atoms with Gasteiger partial charge >= 0.3 is 0 Å². The van der Waals surface area contributed by atoms with Gasteiger partial charge in [-0.15, -0.1) is 16.4 Å². The maximum Gasteiger partial charge on any atom is 0.253 e. The molecule has 0 unspecified atom stereocenters. The lowest BCUT2D eigenvalue weighted by Crippen LogP contribution is -1.97. The number of rotatable bonds is 6. The van der Waals surface area contributed by atoms with Crippen LogP contribution in [0.15, 0.2) is 34.8 Å². The molecule has 0 aliphatic carbocycles. The maximum atomic E-state index is 5.38. The average Bonchev–Trinajstić information content (AvgIpc) is 3.32. The molecule has 3 heterocycles. The smallest absolute Gasteiger partial charge is 0.253 e. The minimum atomic E-state index is 0.629. The second-order valence-corrected chi connectivity index (χ2v) is 7.95. The highest BCUT2D eigenvalue weighted by atomic mass is 32.2. The summed E-state index contributed by atoms with van der Waals surface area (Å²) in [7, 11) is 3.26. The predicted octanol–water partition coefficient (Wildman–Crippen LogP) is 4.17. The second kappa shape index (κ2) is 7.76. The molecule has 7 nitrogen and oxygen atoms in total. The van der Waals surface area contributed by atoms with E-state index in [2.05, 4.69) is 20.4 Å². The molecule has 1 aromatic carbocycles. The molecule has 0 bridgehead atoms. The number of nitrogens with zero attached hydrogens (tertiary/aromatic N) is 5. The molecule has 0 fully saturated rings. The van der Waals surface area contributed by atoms with Crippen LogP contribution >= 0.6 is 23.1 Å². The molecular weight excluding hydrogens is 394 g/mol. The number of thiazole rings is 1. The van der Waals surface area contributed by atoms with Gasteiger partial charge in [-0.1, -0.05) is 11.8 Å². The highest BCUT2D eigenvalue weighted by Gasteiger charge is 2.12. The van der Waals surface area contributed by atoms with Crippen molar-refractivity contribution in [3.8, 4) is 22.1 Å². The van der Waals surface area contributed by atoms with Crippen molar-refractivity contribution in [1.82, 2.24) is 24.6 Å². The molecule has 0 radical (unpaired) electrons. The number of benzene rings is 1. The summed E-state index contributed by atoms with van der Waals surface area (Å²) in [4.78, 5) is 13.7. The summed E-state index contributed by atoms with van der Waals surface area (Å²) in [6, 6.07) is 7.81. The van der Waals surface area contributed by atoms with Crippen molar-refractivity contribution in [1.29, 1.82) is 0 Å². The minimum Gasteiger partial charge on any atom is -0.493 e. The summed E-state index contributed by atoms with van der Waals surface area (Å²) in [6.07, 6.45) is 0. The van der Waals surface area contributed by atoms with Gasteiger partial charge in [0, 0.05) is 28.1 Å². The Balaban J connectivity index is 1.50. The van der Waals surface area contributed by atoms with Crippen LogP contribution < -0.4 is 9.47 Å². The Labute approximate surface area is 170 Å². The van der Waals surface area contributed by atoms with Crippen molar-refractivity contribution < 1.29 is 9.47 Å². The summed E-state index contributed by atoms with van der Waals surface area (Å²) < 4.78 is 12.4. The van der Waals surface area contributed by atoms with Gasteiger partial charge < -0.3 is 9.47 Å². The first kappa shape index (κ1) is 18.7. The molecule has 144 valence electrons. The Bertz CT molecular complexity index is 1140. The first-order valence-electron chi connectivity index (χ1n) is 8.58. The number of methoxy groups -OCH3 is 2. The van der Waals surface area contributed by atoms with Crippen LogP contribution in [0.5, 0.6) is 11.5 Å². The largest absolute Gasteiger partial charge is 0.493 e. The van der Waals surface area contributed by atoms with E-state index in [0.29, 0.717) is 28.2 Å². The highest BCUT2D eigenvalue weighted by molar-refractivity contribution is 7.98. The Hall–Kier alpha value is -2.65. The monoisotopic (exact) mass is 413 g/mol. The van der Waals surface area contributed by atoms with Crippen LogP contribution in [-0.2, 0) is 5.75 Å². The van der Waals surface area contributed by atoms with E-state index in [1.54, 1.807) is 41.8 Å². The van der Waals surface area contributed by atoms with Crippen LogP contribution in [0.25, 0.3) is 16.3 Å². The van der Waals surface area contributed by atoms with Crippen LogP contribution in [0.4, 0.5) is 0 Å². The zero-order valence-electron chi connectivity index (χ0n) is 16.0. The van der Waals surface area contributed by atoms with E-state index in [1.807, 2.05) is 38.1 Å². The highest BCUT2D eigenvalue weighted by Crippen LogP contribution is 2.34. The van der Waals surface area contributed by atoms with Crippen LogP contribution in [0.3, 0.4) is 0 Å². The fraction of sp³-hybridized carbons (Fsp3) is 0.263. The summed E-state index contributed by atoms with van der Waals surface area (Å²) in [5, 5.41) is 8.22. The minimum absolute atomic E-state index is 0.629. The molecule has 0 spiro atoms. The SMILES string of the molecule is COc1ccc(-c2nc(CSc3nc4nc(C)cc(C)n4n3)cs2)cc1OC. The van der Waals surface area contributed by atoms with Crippen molar-refractivity contribution in [2.75, 3.05) is 14.2 Å². The number of ether oxygens (including phenoxy) is 2. The van der Waals surface area contributed by atoms with Crippen molar-refractivity contribution in [3.05, 3.63) is 46.7 Å². The zero-order chi connectivity index (χ0) is 19.7. The van der Waals surface area contributed by atoms with Crippen LogP contribution in [0.2, 0.25) is 0 Å². The summed E-state index contributed by atoms with van der Waals surface area (Å²) in [6.45, 7) is 3.96. The lowest BCUT2D eigenvalue weighted by atomic mass is 10.2. The number of aryl methyl sites for hydroxylation is 2. The maximum absolute atomic E-state index is 5.38. The van der Waals surface area contributed by atoms with Gasteiger partial charge in [-0.05, 0) is 38.1 Å². The summed E-state index contributed by atoms with van der Waals surface area (Å²) >= 11 is 3.15. The van der Waals surface area contributed by atoms with Crippen molar-refractivity contribution in [2.45, 2.75) is 24.8 Å². The van der Waals surface area contributed by atoms with Crippen molar-refractivity contribution in [3.63, 3.8) is 0 Å². The number of hydrogen-bond donors (Lipinski definition) is 0. The third kappa shape index (κ3) is 3.67. The Morgan fingerprint density at radius 2 is 1.86 bits per heavy atom. The van der Waals surface area contributed by atoms with E-state index in [-0.39, 0.29) is 0 Å². The number of thioether (sulfide) groups is 1. The van der Waals surface area contributed by atoms with E-state index in [0.717, 1.165) is 27.7 Å². The van der Waals surface area contributed by atoms with Gasteiger partial charge in [-0.2, -0.15) is 4.98 Å². The average molecular weight is 414 g/mol. The third-order valence-electron chi connectivity index (χ3n) is 4.13. The van der Waals surface area contributed by atoms with Gasteiger partial charge in [0.05, 0.1) is 19.9 Å². The Kier molecular flexibility index (Phi) is 5.19. The van der Waals surface area contributed by atoms with E-state index >= 15 is 0 Å². The quantitative estimate of drug-likeness (QED) is 0.439. The van der Waals surface area contributed by atoms with E-state index in [4.69, 9.17) is 14.5 Å². The van der Waals surface area contributed by atoms with E-state index < -0.39 is 0 Å². The Morgan fingerprint density at radius 3 is 2.64 bits per heavy atom. The van der Waals surface area contributed by atoms with E-state index in [1.165, 1.54) is 0 Å². The fourth-order valence-corrected chi connectivity index (χ4v) is 4.46. The molecule has 0 amide bonds. The molecule has 0 aliphatic heterocycles. The molecule has 0 aliphatic rings. The number of fused-ring (bicyclic) bond motifs is 1. The first-order chi connectivity index (χ1) is 13.6. The lowest BCUT2D eigenvalue weighted by molar-refractivity contribution is 0.355. The normalized spacial score (nSPS) is 11.1. The first-order valence-corrected chi connectivity index (χ1v) is 10.4. The van der Waals surface area contributed by atoms with Gasteiger partial charge in [0.1, 0.15) is 5.01 Å². The van der Waals surface area contributed by atoms with Gasteiger partial charge in [0.15, 0.2) is 11.5 Å². The molecule has 28 heavy (non-hydrogen) atoms. The van der Waals surface area contributed by atoms with Gasteiger partial charge in [0.25, 0.3) is 5.78 Å². The fourth-order valence-electron chi connectivity index (χ4n) is 2.82. The molecular formula is C19H19N5O2S2. The van der Waals surface area contributed by atoms with Crippen molar-refractivity contribution >= 4 is 28.9 Å². The summed E-state index contributed by atoms with van der Waals surface area (Å²) in [5.74, 6) is 2.72. The lowest BCUT2D eigenvalue weighted by Gasteiger charge is -2.08. The molecule has 3 aromatic heterocycles. The second-order valence-electron chi connectivity index (χ2n) is 6.15. The number of hydrogen-bond acceptors (Lipinski definition) is 8. The topological polar surface area (TPSA) is 74.4 Å². The molecule has 4 rings (SSSR count). The number of aromatic nitrogens is 5. The summed E-state index contributed by atoms with van der Waals surface area (Å²) in [5.41, 5.74) is 3.94. The molecule has 0 N–H and O–H groups in total. The third-order valence-corrected chi connectivity index (χ3v) is 5.94. The van der Waals surface area contributed by atoms with Crippen molar-refractivity contribution in [2.24, 2.45) is 0 Å². The molecule has 0 saturated carbocycles. The zero-order valence-corrected chi connectivity index (χ0v) is 17.6. The van der Waals surface area contributed by atoms with Crippen LogP contribution in [0, 0.1) is 13.8 Å². The standard InChI is InChI=1S/C19H19N5O2S2/c1-11-7-12(2)24-18(20-11)22-19(23-24)28-10-14-9-27-17(21-14)13-5-6-15(25-3)16(8-13)26-4/h5-9H,10H2,1-4H3. The van der Waals surface area contributed by atoms with Crippen LogP contribution in [-0.4, -0.2) is 38.8 Å². The van der Waals surface area contributed by atoms with Gasteiger partial charge in [-0.25, -0.2) is 14.5 Å². The van der Waals surface area contributed by atoms with Crippen LogP contribution in [0.1, 0.15) is 17.1 Å². The molecule has 9 heteroatoms.